The molecule has 126 valence electrons. The summed E-state index contributed by atoms with van der Waals surface area (Å²) in [6.07, 6.45) is 2.78. The van der Waals surface area contributed by atoms with E-state index in [1.54, 1.807) is 12.1 Å². The van der Waals surface area contributed by atoms with Gasteiger partial charge in [-0.3, -0.25) is 4.79 Å². The summed E-state index contributed by atoms with van der Waals surface area (Å²) in [5.41, 5.74) is 6.57. The lowest BCUT2D eigenvalue weighted by molar-refractivity contribution is 0.0669. The van der Waals surface area contributed by atoms with Crippen LogP contribution in [0.4, 0.5) is 0 Å². The highest BCUT2D eigenvalue weighted by Crippen LogP contribution is 2.45. The molecule has 1 aliphatic rings. The van der Waals surface area contributed by atoms with Gasteiger partial charge in [-0.25, -0.2) is 4.79 Å². The van der Waals surface area contributed by atoms with Crippen molar-refractivity contribution in [3.63, 3.8) is 0 Å². The van der Waals surface area contributed by atoms with Crippen LogP contribution in [0.2, 0.25) is 0 Å². The Labute approximate surface area is 137 Å². The van der Waals surface area contributed by atoms with Crippen LogP contribution in [-0.4, -0.2) is 29.6 Å². The third-order valence-corrected chi connectivity index (χ3v) is 4.64. The molecule has 1 saturated carbocycles. The monoisotopic (exact) mass is 318 g/mol. The predicted molar refractivity (Wildman–Crippen MR) is 89.4 cm³/mol. The van der Waals surface area contributed by atoms with E-state index in [0.717, 1.165) is 19.3 Å². The van der Waals surface area contributed by atoms with Crippen molar-refractivity contribution in [2.75, 3.05) is 6.54 Å². The highest BCUT2D eigenvalue weighted by Gasteiger charge is 2.40. The molecule has 0 saturated heterocycles. The molecule has 1 aromatic carbocycles. The number of amides is 1. The molecule has 0 radical (unpaired) electrons. The van der Waals surface area contributed by atoms with Crippen LogP contribution >= 0.6 is 0 Å². The summed E-state index contributed by atoms with van der Waals surface area (Å²) < 4.78 is 0. The molecule has 1 amide bonds. The Hall–Kier alpha value is -1.88. The number of nitrogens with two attached hydrogens (primary N) is 1. The Morgan fingerprint density at radius 2 is 1.91 bits per heavy atom. The van der Waals surface area contributed by atoms with Crippen LogP contribution in [0, 0.1) is 10.8 Å². The van der Waals surface area contributed by atoms with Crippen molar-refractivity contribution in [1.29, 1.82) is 0 Å². The minimum Gasteiger partial charge on any atom is -0.478 e. The van der Waals surface area contributed by atoms with E-state index < -0.39 is 5.97 Å². The van der Waals surface area contributed by atoms with Gasteiger partial charge in [0.15, 0.2) is 0 Å². The number of carboxylic acid groups (broad SMARTS) is 1. The summed E-state index contributed by atoms with van der Waals surface area (Å²) in [4.78, 5) is 23.5. The van der Waals surface area contributed by atoms with Crippen molar-refractivity contribution in [3.05, 3.63) is 35.4 Å². The van der Waals surface area contributed by atoms with Crippen LogP contribution in [0.25, 0.3) is 0 Å². The maximum atomic E-state index is 12.5. The van der Waals surface area contributed by atoms with Crippen molar-refractivity contribution in [1.82, 2.24) is 5.32 Å². The Bertz CT molecular complexity index is 612. The van der Waals surface area contributed by atoms with Crippen LogP contribution in [0.1, 0.15) is 60.7 Å². The number of hydrogen-bond acceptors (Lipinski definition) is 3. The highest BCUT2D eigenvalue weighted by atomic mass is 16.4. The van der Waals surface area contributed by atoms with E-state index >= 15 is 0 Å². The molecule has 1 aliphatic carbocycles. The van der Waals surface area contributed by atoms with E-state index in [1.165, 1.54) is 12.1 Å². The summed E-state index contributed by atoms with van der Waals surface area (Å²) in [5.74, 6) is -1.26. The van der Waals surface area contributed by atoms with Gasteiger partial charge in [-0.1, -0.05) is 26.8 Å². The van der Waals surface area contributed by atoms with Gasteiger partial charge in [0.25, 0.3) is 5.91 Å². The van der Waals surface area contributed by atoms with Crippen molar-refractivity contribution < 1.29 is 14.7 Å². The van der Waals surface area contributed by atoms with Crippen LogP contribution in [0.5, 0.6) is 0 Å². The molecule has 0 aromatic heterocycles. The van der Waals surface area contributed by atoms with Gasteiger partial charge in [0, 0.05) is 11.6 Å². The quantitative estimate of drug-likeness (QED) is 0.795. The topological polar surface area (TPSA) is 92.4 Å². The number of benzene rings is 1. The largest absolute Gasteiger partial charge is 0.478 e. The smallest absolute Gasteiger partial charge is 0.335 e. The molecule has 0 spiro atoms. The third-order valence-electron chi connectivity index (χ3n) is 4.64. The molecule has 23 heavy (non-hydrogen) atoms. The number of carbonyl (C=O) groups is 2. The molecule has 1 aromatic rings. The van der Waals surface area contributed by atoms with E-state index in [4.69, 9.17) is 10.8 Å². The third kappa shape index (κ3) is 4.32. The van der Waals surface area contributed by atoms with Crippen molar-refractivity contribution in [3.8, 4) is 0 Å². The van der Waals surface area contributed by atoms with Crippen molar-refractivity contribution in [2.24, 2.45) is 16.6 Å². The maximum Gasteiger partial charge on any atom is 0.335 e. The van der Waals surface area contributed by atoms with Crippen LogP contribution in [-0.2, 0) is 0 Å². The number of aromatic carboxylic acids is 1. The fourth-order valence-electron chi connectivity index (χ4n) is 3.95. The minimum absolute atomic E-state index is 0.0165. The summed E-state index contributed by atoms with van der Waals surface area (Å²) in [6.45, 7) is 7.16. The van der Waals surface area contributed by atoms with Gasteiger partial charge < -0.3 is 16.2 Å². The Morgan fingerprint density at radius 1 is 1.26 bits per heavy atom. The van der Waals surface area contributed by atoms with Gasteiger partial charge in [0.1, 0.15) is 0 Å². The first kappa shape index (κ1) is 17.5. The van der Waals surface area contributed by atoms with Crippen LogP contribution in [0.15, 0.2) is 24.3 Å². The number of carbonyl (C=O) groups excluding carboxylic acids is 1. The zero-order valence-corrected chi connectivity index (χ0v) is 14.1. The average molecular weight is 318 g/mol. The van der Waals surface area contributed by atoms with E-state index in [1.807, 2.05) is 0 Å². The van der Waals surface area contributed by atoms with E-state index in [-0.39, 0.29) is 28.3 Å². The zero-order valence-electron chi connectivity index (χ0n) is 14.1. The molecular formula is C18H26N2O3. The molecule has 0 heterocycles. The second kappa shape index (κ2) is 6.32. The summed E-state index contributed by atoms with van der Waals surface area (Å²) in [6, 6.07) is 6.17. The molecule has 2 atom stereocenters. The van der Waals surface area contributed by atoms with Gasteiger partial charge >= 0.3 is 5.97 Å². The van der Waals surface area contributed by atoms with Crippen LogP contribution < -0.4 is 11.1 Å². The molecule has 2 rings (SSSR count). The fourth-order valence-corrected chi connectivity index (χ4v) is 3.95. The van der Waals surface area contributed by atoms with Crippen molar-refractivity contribution in [2.45, 2.75) is 46.1 Å². The minimum atomic E-state index is -1.03. The van der Waals surface area contributed by atoms with Gasteiger partial charge in [-0.15, -0.1) is 0 Å². The van der Waals surface area contributed by atoms with Crippen LogP contribution in [0.3, 0.4) is 0 Å². The second-order valence-electron chi connectivity index (χ2n) is 7.82. The Morgan fingerprint density at radius 3 is 2.52 bits per heavy atom. The number of nitrogens with one attached hydrogen (secondary N) is 1. The van der Waals surface area contributed by atoms with E-state index in [2.05, 4.69) is 26.1 Å². The predicted octanol–water partition coefficient (Wildman–Crippen LogP) is 2.66. The lowest BCUT2D eigenvalue weighted by Crippen LogP contribution is -2.49. The lowest BCUT2D eigenvalue weighted by atomic mass is 9.62. The highest BCUT2D eigenvalue weighted by molar-refractivity contribution is 5.97. The maximum absolute atomic E-state index is 12.5. The SMILES string of the molecule is CC1(C)CC(NC(=O)c2cccc(C(=O)O)c2)CC(C)(CN)C1. The molecule has 5 heteroatoms. The molecule has 2 unspecified atom stereocenters. The second-order valence-corrected chi connectivity index (χ2v) is 7.82. The standard InChI is InChI=1S/C18H26N2O3/c1-17(2)8-14(9-18(3,10-17)11-19)20-15(21)12-5-4-6-13(7-12)16(22)23/h4-7,14H,8-11,19H2,1-3H3,(H,20,21)(H,22,23). The van der Waals surface area contributed by atoms with Crippen molar-refractivity contribution >= 4 is 11.9 Å². The summed E-state index contributed by atoms with van der Waals surface area (Å²) in [7, 11) is 0. The zero-order chi connectivity index (χ0) is 17.3. The molecule has 0 bridgehead atoms. The first-order valence-corrected chi connectivity index (χ1v) is 7.98. The first-order valence-electron chi connectivity index (χ1n) is 7.98. The van der Waals surface area contributed by atoms with Gasteiger partial charge in [-0.2, -0.15) is 0 Å². The Balaban J connectivity index is 2.13. The molecule has 5 nitrogen and oxygen atoms in total. The first-order chi connectivity index (χ1) is 10.6. The number of hydrogen-bond donors (Lipinski definition) is 3. The molecular weight excluding hydrogens is 292 g/mol. The van der Waals surface area contributed by atoms with E-state index in [9.17, 15) is 9.59 Å². The normalized spacial score (nSPS) is 26.5. The van der Waals surface area contributed by atoms with Gasteiger partial charge in [0.05, 0.1) is 5.56 Å². The molecule has 1 fully saturated rings. The molecule has 0 aliphatic heterocycles. The summed E-state index contributed by atoms with van der Waals surface area (Å²) in [5, 5.41) is 12.1. The fraction of sp³-hybridized carbons (Fsp3) is 0.556. The van der Waals surface area contributed by atoms with Gasteiger partial charge in [0.2, 0.25) is 0 Å². The van der Waals surface area contributed by atoms with E-state index in [0.29, 0.717) is 12.1 Å². The Kier molecular flexibility index (Phi) is 4.80. The molecule has 4 N–H and O–H groups in total. The number of carboxylic acids is 1. The lowest BCUT2D eigenvalue weighted by Gasteiger charge is -2.46. The van der Waals surface area contributed by atoms with Gasteiger partial charge in [-0.05, 0) is 54.8 Å². The summed E-state index contributed by atoms with van der Waals surface area (Å²) >= 11 is 0. The average Bonchev–Trinajstić information content (AvgIpc) is 2.45. The number of rotatable bonds is 4.